The maximum Gasteiger partial charge on any atom is 0.317 e. The summed E-state index contributed by atoms with van der Waals surface area (Å²) in [5, 5.41) is 64.7. The molecule has 18 nitrogen and oxygen atoms in total. The Kier molecular flexibility index (Phi) is 18.2. The zero-order valence-electron chi connectivity index (χ0n) is 27.9. The SMILES string of the molecule is CC(C)CCCCNC(=O)C1OC(CNC(=O)CN2CCN(CC(=O)O)CCN(CC(=O)O)CCN(CC(=O)O)CC2)C(O)C(O)C1O. The molecule has 0 radical (unpaired) electrons. The molecule has 5 atom stereocenters. The number of carboxylic acids is 3. The average Bonchev–Trinajstić information content (AvgIpc) is 2.99. The minimum absolute atomic E-state index is 0.179. The molecule has 276 valence electrons. The molecule has 2 saturated heterocycles. The molecule has 18 heteroatoms. The van der Waals surface area contributed by atoms with Crippen molar-refractivity contribution in [3.8, 4) is 0 Å². The van der Waals surface area contributed by atoms with Crippen molar-refractivity contribution in [1.29, 1.82) is 0 Å². The molecular formula is C30H54N6O12. The van der Waals surface area contributed by atoms with E-state index in [2.05, 4.69) is 24.5 Å². The standard InChI is InChI=1S/C30H54N6O12/c1-20(2)5-3-4-6-31-30(47)29-28(46)27(45)26(44)21(48-29)15-32-22(37)16-33-7-9-34(17-23(38)39)11-13-36(19-25(42)43)14-12-35(10-8-33)18-24(40)41/h20-21,26-29,44-46H,3-19H2,1-2H3,(H,31,47)(H,32,37)(H,38,39)(H,40,41)(H,42,43). The van der Waals surface area contributed by atoms with Crippen molar-refractivity contribution in [2.45, 2.75) is 63.6 Å². The van der Waals surface area contributed by atoms with Crippen molar-refractivity contribution in [2.75, 3.05) is 91.6 Å². The summed E-state index contributed by atoms with van der Waals surface area (Å²) in [6.07, 6.45) is -5.01. The fourth-order valence-corrected chi connectivity index (χ4v) is 5.58. The van der Waals surface area contributed by atoms with Crippen LogP contribution in [0, 0.1) is 5.92 Å². The van der Waals surface area contributed by atoms with Crippen molar-refractivity contribution in [1.82, 2.24) is 30.2 Å². The molecule has 0 aromatic rings. The highest BCUT2D eigenvalue weighted by Gasteiger charge is 2.46. The van der Waals surface area contributed by atoms with Crippen LogP contribution in [0.4, 0.5) is 0 Å². The summed E-state index contributed by atoms with van der Waals surface area (Å²) in [6.45, 7) is 5.04. The maximum absolute atomic E-state index is 13.1. The number of hydrogen-bond donors (Lipinski definition) is 8. The molecular weight excluding hydrogens is 636 g/mol. The van der Waals surface area contributed by atoms with Gasteiger partial charge in [0.15, 0.2) is 6.10 Å². The number of carbonyl (C=O) groups excluding carboxylic acids is 2. The number of nitrogens with one attached hydrogen (secondary N) is 2. The van der Waals surface area contributed by atoms with Gasteiger partial charge in [0, 0.05) is 65.4 Å². The predicted octanol–water partition coefficient (Wildman–Crippen LogP) is -3.63. The summed E-state index contributed by atoms with van der Waals surface area (Å²) in [7, 11) is 0. The fourth-order valence-electron chi connectivity index (χ4n) is 5.58. The molecule has 0 aromatic carbocycles. The molecule has 8 N–H and O–H groups in total. The average molecular weight is 691 g/mol. The second-order valence-corrected chi connectivity index (χ2v) is 12.8. The van der Waals surface area contributed by atoms with Gasteiger partial charge in [-0.25, -0.2) is 0 Å². The van der Waals surface area contributed by atoms with Crippen LogP contribution >= 0.6 is 0 Å². The number of nitrogens with zero attached hydrogens (tertiary/aromatic N) is 4. The largest absolute Gasteiger partial charge is 0.480 e. The molecule has 2 amide bonds. The topological polar surface area (TPSA) is 253 Å². The first-order chi connectivity index (χ1) is 22.7. The molecule has 2 fully saturated rings. The van der Waals surface area contributed by atoms with E-state index < -0.39 is 60.2 Å². The Labute approximate surface area is 280 Å². The van der Waals surface area contributed by atoms with Crippen molar-refractivity contribution in [3.05, 3.63) is 0 Å². The van der Waals surface area contributed by atoms with Gasteiger partial charge >= 0.3 is 17.9 Å². The molecule has 0 aromatic heterocycles. The Hall–Kier alpha value is -2.97. The third-order valence-corrected chi connectivity index (χ3v) is 8.35. The van der Waals surface area contributed by atoms with Gasteiger partial charge < -0.3 is 46.0 Å². The van der Waals surface area contributed by atoms with Gasteiger partial charge in [0.2, 0.25) is 5.91 Å². The highest BCUT2D eigenvalue weighted by Crippen LogP contribution is 2.21. The number of unbranched alkanes of at least 4 members (excludes halogenated alkanes) is 1. The Morgan fingerprint density at radius 3 is 1.50 bits per heavy atom. The van der Waals surface area contributed by atoms with Gasteiger partial charge in [-0.2, -0.15) is 0 Å². The highest BCUT2D eigenvalue weighted by atomic mass is 16.5. The van der Waals surface area contributed by atoms with Gasteiger partial charge in [-0.1, -0.05) is 26.7 Å². The molecule has 2 rings (SSSR count). The minimum atomic E-state index is -1.70. The number of rotatable bonds is 16. The van der Waals surface area contributed by atoms with E-state index in [1.54, 1.807) is 19.6 Å². The lowest BCUT2D eigenvalue weighted by Gasteiger charge is -2.40. The molecule has 0 bridgehead atoms. The first kappa shape index (κ1) is 41.2. The number of aliphatic hydroxyl groups excluding tert-OH is 3. The second-order valence-electron chi connectivity index (χ2n) is 12.8. The maximum atomic E-state index is 13.1. The third kappa shape index (κ3) is 15.5. The summed E-state index contributed by atoms with van der Waals surface area (Å²) in [6, 6.07) is 0. The van der Waals surface area contributed by atoms with Crippen LogP contribution in [-0.2, 0) is 28.7 Å². The smallest absolute Gasteiger partial charge is 0.317 e. The van der Waals surface area contributed by atoms with E-state index in [1.807, 2.05) is 0 Å². The number of carbonyl (C=O) groups is 5. The quantitative estimate of drug-likeness (QED) is 0.0728. The molecule has 0 aliphatic carbocycles. The first-order valence-corrected chi connectivity index (χ1v) is 16.4. The summed E-state index contributed by atoms with van der Waals surface area (Å²) >= 11 is 0. The number of carboxylic acid groups (broad SMARTS) is 3. The van der Waals surface area contributed by atoms with Crippen LogP contribution in [0.2, 0.25) is 0 Å². The number of amides is 2. The van der Waals surface area contributed by atoms with E-state index in [4.69, 9.17) is 4.74 Å². The van der Waals surface area contributed by atoms with Crippen LogP contribution in [0.3, 0.4) is 0 Å². The van der Waals surface area contributed by atoms with Crippen LogP contribution in [0.1, 0.15) is 33.1 Å². The van der Waals surface area contributed by atoms with Crippen molar-refractivity contribution < 1.29 is 59.3 Å². The monoisotopic (exact) mass is 690 g/mol. The predicted molar refractivity (Wildman–Crippen MR) is 170 cm³/mol. The van der Waals surface area contributed by atoms with Crippen molar-refractivity contribution in [2.24, 2.45) is 5.92 Å². The van der Waals surface area contributed by atoms with Crippen LogP contribution < -0.4 is 10.6 Å². The summed E-state index contributed by atoms with van der Waals surface area (Å²) in [5.41, 5.74) is 0. The Bertz CT molecular complexity index is 1020. The normalized spacial score (nSPS) is 25.9. The zero-order chi connectivity index (χ0) is 35.8. The minimum Gasteiger partial charge on any atom is -0.480 e. The number of ether oxygens (including phenoxy) is 1. The van der Waals surface area contributed by atoms with Crippen LogP contribution in [0.15, 0.2) is 0 Å². The second kappa shape index (κ2) is 21.2. The molecule has 5 unspecified atom stereocenters. The van der Waals surface area contributed by atoms with Crippen molar-refractivity contribution in [3.63, 3.8) is 0 Å². The summed E-state index contributed by atoms with van der Waals surface area (Å²) < 4.78 is 5.64. The molecule has 48 heavy (non-hydrogen) atoms. The first-order valence-electron chi connectivity index (χ1n) is 16.4. The zero-order valence-corrected chi connectivity index (χ0v) is 27.9. The van der Waals surface area contributed by atoms with Crippen LogP contribution in [0.5, 0.6) is 0 Å². The molecule has 2 aliphatic rings. The van der Waals surface area contributed by atoms with E-state index in [1.165, 1.54) is 0 Å². The van der Waals surface area contributed by atoms with Crippen molar-refractivity contribution >= 4 is 29.7 Å². The number of aliphatic carboxylic acids is 3. The lowest BCUT2D eigenvalue weighted by molar-refractivity contribution is -0.219. The van der Waals surface area contributed by atoms with E-state index in [0.29, 0.717) is 12.5 Å². The van der Waals surface area contributed by atoms with Gasteiger partial charge in [0.25, 0.3) is 5.91 Å². The van der Waals surface area contributed by atoms with Crippen LogP contribution in [-0.4, -0.2) is 202 Å². The van der Waals surface area contributed by atoms with Gasteiger partial charge in [0.05, 0.1) is 26.2 Å². The van der Waals surface area contributed by atoms with Gasteiger partial charge in [-0.15, -0.1) is 0 Å². The Morgan fingerprint density at radius 2 is 1.08 bits per heavy atom. The molecule has 0 saturated carbocycles. The van der Waals surface area contributed by atoms with Gasteiger partial charge in [0.1, 0.15) is 24.4 Å². The molecule has 0 spiro atoms. The highest BCUT2D eigenvalue weighted by molar-refractivity contribution is 5.81. The molecule has 2 aliphatic heterocycles. The van der Waals surface area contributed by atoms with Gasteiger partial charge in [-0.05, 0) is 12.3 Å². The van der Waals surface area contributed by atoms with E-state index in [0.717, 1.165) is 19.3 Å². The Balaban J connectivity index is 2.03. The third-order valence-electron chi connectivity index (χ3n) is 8.35. The van der Waals surface area contributed by atoms with E-state index >= 15 is 0 Å². The lowest BCUT2D eigenvalue weighted by Crippen LogP contribution is -2.63. The lowest BCUT2D eigenvalue weighted by atomic mass is 9.94. The number of aliphatic hydroxyl groups is 3. The van der Waals surface area contributed by atoms with E-state index in [9.17, 15) is 54.6 Å². The van der Waals surface area contributed by atoms with Crippen LogP contribution in [0.25, 0.3) is 0 Å². The summed E-state index contributed by atoms with van der Waals surface area (Å²) in [4.78, 5) is 66.7. The molecule has 2 heterocycles. The summed E-state index contributed by atoms with van der Waals surface area (Å²) in [5.74, 6) is -3.82. The Morgan fingerprint density at radius 1 is 0.646 bits per heavy atom. The van der Waals surface area contributed by atoms with E-state index in [-0.39, 0.29) is 85.1 Å². The fraction of sp³-hybridized carbons (Fsp3) is 0.833. The number of hydrogen-bond acceptors (Lipinski definition) is 13. The van der Waals surface area contributed by atoms with Gasteiger partial charge in [-0.3, -0.25) is 43.6 Å².